The minimum absolute atomic E-state index is 0.000791. The zero-order valence-electron chi connectivity index (χ0n) is 47.7. The van der Waals surface area contributed by atoms with Gasteiger partial charge in [0.25, 0.3) is 11.8 Å². The molecule has 1 saturated heterocycles. The fourth-order valence-electron chi connectivity index (χ4n) is 11.3. The largest absolute Gasteiger partial charge is 0.347 e. The molecule has 4 aliphatic rings. The Kier molecular flexibility index (Phi) is 18.3. The van der Waals surface area contributed by atoms with Crippen molar-refractivity contribution in [2.75, 3.05) is 26.0 Å². The highest BCUT2D eigenvalue weighted by Gasteiger charge is 2.47. The number of thiazole rings is 1. The third-order valence-corrected chi connectivity index (χ3v) is 17.1. The molecule has 1 aromatic heterocycles. The first kappa shape index (κ1) is 59.1. The first-order valence-corrected chi connectivity index (χ1v) is 28.8. The molecule has 0 spiro atoms. The predicted molar refractivity (Wildman–Crippen MR) is 306 cm³/mol. The third-order valence-electron chi connectivity index (χ3n) is 16.2. The van der Waals surface area contributed by atoms with Gasteiger partial charge < -0.3 is 47.0 Å². The number of amides is 8. The molecular weight excluding hydrogens is 1030 g/mol. The summed E-state index contributed by atoms with van der Waals surface area (Å²) in [7, 11) is 3.31. The van der Waals surface area contributed by atoms with Crippen molar-refractivity contribution in [2.45, 2.75) is 168 Å². The van der Waals surface area contributed by atoms with Gasteiger partial charge in [-0.15, -0.1) is 0 Å². The van der Waals surface area contributed by atoms with Gasteiger partial charge in [0.05, 0.1) is 30.4 Å². The van der Waals surface area contributed by atoms with E-state index in [4.69, 9.17) is 0 Å². The molecule has 8 N–H and O–H groups in total. The normalized spacial score (nSPS) is 21.2. The number of hydrogen-bond donors (Lipinski definition) is 8. The lowest BCUT2D eigenvalue weighted by Gasteiger charge is -2.42. The number of likely N-dealkylation sites (tertiary alicyclic amines) is 1. The van der Waals surface area contributed by atoms with Crippen LogP contribution in [0.15, 0.2) is 72.9 Å². The van der Waals surface area contributed by atoms with Crippen LogP contribution in [0.1, 0.15) is 153 Å². The van der Waals surface area contributed by atoms with Crippen LogP contribution in [0.4, 0.5) is 5.13 Å². The molecule has 1 fully saturated rings. The van der Waals surface area contributed by atoms with Crippen LogP contribution in [0.3, 0.4) is 0 Å². The van der Waals surface area contributed by atoms with E-state index >= 15 is 0 Å². The number of nitrogens with one attached hydrogen (secondary N) is 8. The monoisotopic (exact) mass is 1110 g/mol. The number of likely N-dealkylation sites (N-methyl/N-ethyl adjacent to an activating group) is 2. The Balaban J connectivity index is 0.983. The van der Waals surface area contributed by atoms with E-state index in [1.165, 1.54) is 21.6 Å². The number of hydrogen-bond acceptors (Lipinski definition) is 12. The summed E-state index contributed by atoms with van der Waals surface area (Å²) in [4.78, 5) is 121. The Labute approximate surface area is 473 Å². The second-order valence-corrected chi connectivity index (χ2v) is 25.0. The van der Waals surface area contributed by atoms with E-state index in [2.05, 4.69) is 59.7 Å². The average Bonchev–Trinajstić information content (AvgIpc) is 4.19. The van der Waals surface area contributed by atoms with Crippen LogP contribution in [-0.4, -0.2) is 125 Å². The summed E-state index contributed by atoms with van der Waals surface area (Å²) in [5, 5.41) is 24.2. The number of anilines is 1. The average molecular weight is 1110 g/mol. The number of carbonyl (C=O) groups is 8. The highest BCUT2D eigenvalue weighted by atomic mass is 32.1. The topological polar surface area (TPSA) is 252 Å². The molecule has 8 amide bonds. The van der Waals surface area contributed by atoms with E-state index in [9.17, 15) is 38.4 Å². The van der Waals surface area contributed by atoms with Crippen molar-refractivity contribution in [1.82, 2.24) is 52.0 Å². The molecule has 0 unspecified atom stereocenters. The number of aryl methyl sites for hydroxylation is 2. The molecule has 19 nitrogen and oxygen atoms in total. The van der Waals surface area contributed by atoms with Crippen LogP contribution in [-0.2, 0) is 54.6 Å². The first-order valence-electron chi connectivity index (χ1n) is 28.0. The van der Waals surface area contributed by atoms with E-state index in [0.717, 1.165) is 72.1 Å². The van der Waals surface area contributed by atoms with Gasteiger partial charge in [-0.3, -0.25) is 43.7 Å². The minimum atomic E-state index is -0.991. The molecule has 9 atom stereocenters. The van der Waals surface area contributed by atoms with E-state index in [1.54, 1.807) is 46.1 Å². The Morgan fingerprint density at radius 2 is 1.15 bits per heavy atom. The molecule has 428 valence electrons. The first-order chi connectivity index (χ1) is 37.9. The van der Waals surface area contributed by atoms with E-state index in [1.807, 2.05) is 77.9 Å². The van der Waals surface area contributed by atoms with Crippen LogP contribution in [0.2, 0.25) is 0 Å². The van der Waals surface area contributed by atoms with Crippen molar-refractivity contribution in [3.8, 4) is 0 Å². The van der Waals surface area contributed by atoms with Gasteiger partial charge in [-0.2, -0.15) is 0 Å². The summed E-state index contributed by atoms with van der Waals surface area (Å²) < 4.78 is 0. The second-order valence-electron chi connectivity index (χ2n) is 24.0. The third kappa shape index (κ3) is 13.4. The van der Waals surface area contributed by atoms with E-state index in [-0.39, 0.29) is 77.2 Å². The molecule has 0 radical (unpaired) electrons. The zero-order valence-corrected chi connectivity index (χ0v) is 48.5. The number of benzene rings is 3. The maximum Gasteiger partial charge on any atom is 0.263 e. The van der Waals surface area contributed by atoms with Gasteiger partial charge in [0.2, 0.25) is 35.4 Å². The zero-order chi connectivity index (χ0) is 57.8. The highest BCUT2D eigenvalue weighted by Crippen LogP contribution is 2.35. The Hall–Kier alpha value is -7.03. The molecule has 0 bridgehead atoms. The maximum absolute atomic E-state index is 14.9. The molecule has 4 aromatic rings. The molecular formula is C60H79N11O8S. The van der Waals surface area contributed by atoms with Gasteiger partial charge in [0.15, 0.2) is 5.13 Å². The SMILES string of the molecule is CN[C@@H](C)C(=O)N[C@H](C(=O)N1Cc2cc(C(=O)Nc3ncc(C(=O)N[C@H]4C[C@@H](C(=O)N[C@@H]5CCCc6ccccc65)N(C(=O)[C@@H](NC(=O)[C@H](C)NC)C(C)(C)C)C4)s3)ccc2C[C@H]1C(=O)N[C@@H]1CCCc2ccccc21)C(C)(C)C. The molecule has 0 saturated carbocycles. The van der Waals surface area contributed by atoms with Crippen LogP contribution in [0.25, 0.3) is 0 Å². The molecule has 3 aromatic carbocycles. The molecule has 2 aliphatic heterocycles. The number of rotatable bonds is 16. The number of aromatic nitrogens is 1. The standard InChI is InChI=1S/C60H79N11O8S/c1-33(61-9)50(72)67-48(59(3,4)5)56(78)70-31-39-27-38(26-25-37(39)28-45(70)53(75)65-43-23-15-19-35-17-11-13-21-41(35)43)52(74)69-58-63-30-47(80-58)55(77)64-40-29-46(54(76)66-44-24-16-20-36-18-12-14-22-42(36)44)71(32-40)57(79)49(60(6,7)8)68-51(73)34(2)62-10/h11-14,17-18,21-22,25-27,30,33-34,40,43-46,48-49,61-62H,15-16,19-20,23-24,28-29,31-32H2,1-10H3,(H,64,77)(H,65,75)(H,66,76)(H,67,72)(H,68,73)(H,63,69,74)/t33-,34-,40-,43+,44+,45-,46-,48+,49+/m0/s1. The van der Waals surface area contributed by atoms with Gasteiger partial charge in [-0.25, -0.2) is 4.98 Å². The summed E-state index contributed by atoms with van der Waals surface area (Å²) in [6.07, 6.45) is 6.73. The molecule has 8 rings (SSSR count). The van der Waals surface area contributed by atoms with Crippen molar-refractivity contribution < 1.29 is 38.4 Å². The van der Waals surface area contributed by atoms with Crippen molar-refractivity contribution >= 4 is 63.7 Å². The smallest absolute Gasteiger partial charge is 0.263 e. The van der Waals surface area contributed by atoms with Gasteiger partial charge in [-0.1, -0.05) is 107 Å². The van der Waals surface area contributed by atoms with Crippen molar-refractivity contribution in [1.29, 1.82) is 0 Å². The quantitative estimate of drug-likeness (QED) is 0.0741. The Bertz CT molecular complexity index is 3000. The van der Waals surface area contributed by atoms with Crippen molar-refractivity contribution in [2.24, 2.45) is 10.8 Å². The van der Waals surface area contributed by atoms with Crippen molar-refractivity contribution in [3.05, 3.63) is 117 Å². The van der Waals surface area contributed by atoms with Crippen LogP contribution in [0.5, 0.6) is 0 Å². The Morgan fingerprint density at radius 3 is 1.69 bits per heavy atom. The fourth-order valence-corrected chi connectivity index (χ4v) is 12.0. The lowest BCUT2D eigenvalue weighted by atomic mass is 9.83. The minimum Gasteiger partial charge on any atom is -0.347 e. The predicted octanol–water partition coefficient (Wildman–Crippen LogP) is 5.01. The Morgan fingerprint density at radius 1 is 0.625 bits per heavy atom. The van der Waals surface area contributed by atoms with Crippen LogP contribution in [0, 0.1) is 10.8 Å². The number of nitrogens with zero attached hydrogens (tertiary/aromatic N) is 3. The van der Waals surface area contributed by atoms with Gasteiger partial charge in [0, 0.05) is 31.1 Å². The maximum atomic E-state index is 14.9. The fraction of sp³-hybridized carbons (Fsp3) is 0.517. The second kappa shape index (κ2) is 24.8. The molecule has 80 heavy (non-hydrogen) atoms. The molecule has 20 heteroatoms. The van der Waals surface area contributed by atoms with Gasteiger partial charge in [-0.05, 0) is 129 Å². The molecule has 3 heterocycles. The summed E-state index contributed by atoms with van der Waals surface area (Å²) in [5.74, 6) is -3.29. The van der Waals surface area contributed by atoms with E-state index in [0.29, 0.717) is 5.56 Å². The summed E-state index contributed by atoms with van der Waals surface area (Å²) in [5.41, 5.74) is 4.66. The van der Waals surface area contributed by atoms with Gasteiger partial charge >= 0.3 is 0 Å². The lowest BCUT2D eigenvalue weighted by molar-refractivity contribution is -0.147. The number of fused-ring (bicyclic) bond motifs is 3. The summed E-state index contributed by atoms with van der Waals surface area (Å²) >= 11 is 0.954. The molecule has 2 aliphatic carbocycles. The number of carbonyl (C=O) groups excluding carboxylic acids is 8. The lowest BCUT2D eigenvalue weighted by Crippen LogP contribution is -2.62. The van der Waals surface area contributed by atoms with Crippen molar-refractivity contribution in [3.63, 3.8) is 0 Å². The van der Waals surface area contributed by atoms with Crippen LogP contribution < -0.4 is 42.5 Å². The van der Waals surface area contributed by atoms with E-state index < -0.39 is 76.8 Å². The van der Waals surface area contributed by atoms with Gasteiger partial charge in [0.1, 0.15) is 29.0 Å². The van der Waals surface area contributed by atoms with Crippen LogP contribution >= 0.6 is 11.3 Å². The summed E-state index contributed by atoms with van der Waals surface area (Å²) in [6.45, 7) is 14.5. The highest BCUT2D eigenvalue weighted by molar-refractivity contribution is 7.17. The summed E-state index contributed by atoms with van der Waals surface area (Å²) in [6, 6.07) is 15.0.